The van der Waals surface area contributed by atoms with E-state index in [-0.39, 0.29) is 30.4 Å². The number of imide groups is 1. The lowest BCUT2D eigenvalue weighted by Gasteiger charge is -2.25. The predicted molar refractivity (Wildman–Crippen MR) is 93.7 cm³/mol. The van der Waals surface area contributed by atoms with Gasteiger partial charge in [-0.3, -0.25) is 14.9 Å². The highest BCUT2D eigenvalue weighted by atomic mass is 16.2. The van der Waals surface area contributed by atoms with Crippen molar-refractivity contribution >= 4 is 17.8 Å². The fourth-order valence-electron chi connectivity index (χ4n) is 3.65. The molecule has 0 spiro atoms. The molecule has 0 aliphatic carbocycles. The maximum atomic E-state index is 12.6. The van der Waals surface area contributed by atoms with E-state index in [1.165, 1.54) is 10.5 Å². The number of likely N-dealkylation sites (tertiary alicyclic amines) is 1. The fourth-order valence-corrected chi connectivity index (χ4v) is 3.65. The van der Waals surface area contributed by atoms with Crippen LogP contribution in [0.3, 0.4) is 0 Å². The van der Waals surface area contributed by atoms with Crippen LogP contribution in [0.4, 0.5) is 4.79 Å². The van der Waals surface area contributed by atoms with Crippen molar-refractivity contribution in [1.82, 2.24) is 15.1 Å². The first kappa shape index (κ1) is 17.5. The zero-order valence-electron chi connectivity index (χ0n) is 14.4. The average Bonchev–Trinajstić information content (AvgIpc) is 3.22. The fraction of sp³-hybridized carbons (Fsp3) is 0.526. The number of nitrogens with zero attached hydrogens (tertiary/aromatic N) is 2. The van der Waals surface area contributed by atoms with Crippen molar-refractivity contribution in [2.75, 3.05) is 19.6 Å². The highest BCUT2D eigenvalue weighted by Gasteiger charge is 2.29. The Morgan fingerprint density at radius 3 is 2.64 bits per heavy atom. The van der Waals surface area contributed by atoms with Crippen LogP contribution in [-0.4, -0.2) is 47.3 Å². The van der Waals surface area contributed by atoms with E-state index in [4.69, 9.17) is 0 Å². The van der Waals surface area contributed by atoms with E-state index in [0.717, 1.165) is 38.6 Å². The van der Waals surface area contributed by atoms with E-state index < -0.39 is 0 Å². The largest absolute Gasteiger partial charge is 0.336 e. The van der Waals surface area contributed by atoms with Crippen molar-refractivity contribution in [3.63, 3.8) is 0 Å². The second kappa shape index (κ2) is 8.14. The zero-order chi connectivity index (χ0) is 17.6. The highest BCUT2D eigenvalue weighted by Crippen LogP contribution is 2.32. The van der Waals surface area contributed by atoms with E-state index in [0.29, 0.717) is 13.0 Å². The van der Waals surface area contributed by atoms with Gasteiger partial charge in [0.1, 0.15) is 6.54 Å². The summed E-state index contributed by atoms with van der Waals surface area (Å²) in [6.07, 6.45) is 5.16. The molecule has 3 rings (SSSR count). The Hall–Kier alpha value is -2.37. The van der Waals surface area contributed by atoms with Gasteiger partial charge >= 0.3 is 6.03 Å². The van der Waals surface area contributed by atoms with Gasteiger partial charge < -0.3 is 9.80 Å². The molecule has 1 aromatic rings. The number of benzene rings is 1. The molecular weight excluding hydrogens is 318 g/mol. The number of amides is 4. The molecule has 2 heterocycles. The minimum Gasteiger partial charge on any atom is -0.336 e. The molecule has 6 nitrogen and oxygen atoms in total. The van der Waals surface area contributed by atoms with Gasteiger partial charge in [0, 0.05) is 19.5 Å². The van der Waals surface area contributed by atoms with E-state index >= 15 is 0 Å². The molecule has 0 unspecified atom stereocenters. The lowest BCUT2D eigenvalue weighted by Crippen LogP contribution is -2.30. The van der Waals surface area contributed by atoms with Gasteiger partial charge in [-0.1, -0.05) is 36.8 Å². The Labute approximate surface area is 148 Å². The highest BCUT2D eigenvalue weighted by molar-refractivity contribution is 6.01. The molecule has 0 saturated carbocycles. The standard InChI is InChI=1S/C19H25N3O3/c23-17-14-21(19(25)20-17)12-6-2-5-11-18(24)22-13-7-10-16(22)15-8-3-1-4-9-15/h1,3-4,8-9,16H,2,5-7,10-14H2,(H,20,23,25)/t16-/m1/s1. The Bertz CT molecular complexity index is 632. The Morgan fingerprint density at radius 2 is 1.92 bits per heavy atom. The Balaban J connectivity index is 1.39. The normalized spacial score (nSPS) is 20.2. The molecule has 1 aromatic carbocycles. The van der Waals surface area contributed by atoms with Crippen LogP contribution in [0, 0.1) is 0 Å². The second-order valence-electron chi connectivity index (χ2n) is 6.74. The average molecular weight is 343 g/mol. The van der Waals surface area contributed by atoms with Gasteiger partial charge in [-0.25, -0.2) is 4.79 Å². The summed E-state index contributed by atoms with van der Waals surface area (Å²) >= 11 is 0. The van der Waals surface area contributed by atoms with Crippen LogP contribution in [0.15, 0.2) is 30.3 Å². The molecule has 4 amide bonds. The van der Waals surface area contributed by atoms with Crippen molar-refractivity contribution in [2.24, 2.45) is 0 Å². The molecule has 2 aliphatic heterocycles. The first-order valence-corrected chi connectivity index (χ1v) is 9.08. The molecule has 6 heteroatoms. The molecule has 25 heavy (non-hydrogen) atoms. The Morgan fingerprint density at radius 1 is 1.12 bits per heavy atom. The maximum absolute atomic E-state index is 12.6. The molecule has 0 radical (unpaired) electrons. The van der Waals surface area contributed by atoms with Crippen LogP contribution in [-0.2, 0) is 9.59 Å². The lowest BCUT2D eigenvalue weighted by molar-refractivity contribution is -0.132. The minimum atomic E-state index is -0.302. The van der Waals surface area contributed by atoms with Crippen LogP contribution in [0.25, 0.3) is 0 Å². The third-order valence-corrected chi connectivity index (χ3v) is 4.94. The van der Waals surface area contributed by atoms with Gasteiger partial charge in [0.05, 0.1) is 6.04 Å². The quantitative estimate of drug-likeness (QED) is 0.611. The van der Waals surface area contributed by atoms with Gasteiger partial charge in [0.15, 0.2) is 0 Å². The minimum absolute atomic E-state index is 0.157. The third kappa shape index (κ3) is 4.38. The summed E-state index contributed by atoms with van der Waals surface area (Å²) in [5.74, 6) is -0.0124. The van der Waals surface area contributed by atoms with Crippen molar-refractivity contribution in [2.45, 2.75) is 44.6 Å². The molecule has 1 N–H and O–H groups in total. The summed E-state index contributed by atoms with van der Waals surface area (Å²) in [7, 11) is 0. The van der Waals surface area contributed by atoms with Crippen LogP contribution >= 0.6 is 0 Å². The van der Waals surface area contributed by atoms with Crippen LogP contribution in [0.5, 0.6) is 0 Å². The van der Waals surface area contributed by atoms with Crippen molar-refractivity contribution in [3.05, 3.63) is 35.9 Å². The monoisotopic (exact) mass is 343 g/mol. The van der Waals surface area contributed by atoms with E-state index in [9.17, 15) is 14.4 Å². The lowest BCUT2D eigenvalue weighted by atomic mass is 10.0. The number of unbranched alkanes of at least 4 members (excludes halogenated alkanes) is 2. The molecule has 1 atom stereocenters. The van der Waals surface area contributed by atoms with E-state index in [2.05, 4.69) is 17.4 Å². The molecular formula is C19H25N3O3. The van der Waals surface area contributed by atoms with Crippen molar-refractivity contribution in [1.29, 1.82) is 0 Å². The topological polar surface area (TPSA) is 69.7 Å². The van der Waals surface area contributed by atoms with Crippen molar-refractivity contribution < 1.29 is 14.4 Å². The zero-order valence-corrected chi connectivity index (χ0v) is 14.4. The molecule has 0 bridgehead atoms. The van der Waals surface area contributed by atoms with Crippen LogP contribution < -0.4 is 5.32 Å². The second-order valence-corrected chi connectivity index (χ2v) is 6.74. The number of urea groups is 1. The Kier molecular flexibility index (Phi) is 5.68. The maximum Gasteiger partial charge on any atom is 0.324 e. The number of carbonyl (C=O) groups excluding carboxylic acids is 3. The predicted octanol–water partition coefficient (Wildman–Crippen LogP) is 2.46. The number of hydrogen-bond acceptors (Lipinski definition) is 3. The van der Waals surface area contributed by atoms with Crippen LogP contribution in [0.1, 0.15) is 50.1 Å². The number of hydrogen-bond donors (Lipinski definition) is 1. The summed E-state index contributed by atoms with van der Waals surface area (Å²) in [4.78, 5) is 38.6. The smallest absolute Gasteiger partial charge is 0.324 e. The summed E-state index contributed by atoms with van der Waals surface area (Å²) in [6.45, 7) is 1.57. The number of rotatable bonds is 7. The van der Waals surface area contributed by atoms with Gasteiger partial charge in [-0.05, 0) is 31.2 Å². The van der Waals surface area contributed by atoms with E-state index in [1.54, 1.807) is 0 Å². The number of nitrogens with one attached hydrogen (secondary N) is 1. The molecule has 2 fully saturated rings. The summed E-state index contributed by atoms with van der Waals surface area (Å²) in [5.41, 5.74) is 1.22. The van der Waals surface area contributed by atoms with Gasteiger partial charge in [0.2, 0.25) is 11.8 Å². The van der Waals surface area contributed by atoms with Gasteiger partial charge in [-0.2, -0.15) is 0 Å². The molecule has 0 aromatic heterocycles. The number of carbonyl (C=O) groups is 3. The molecule has 2 saturated heterocycles. The van der Waals surface area contributed by atoms with Crippen LogP contribution in [0.2, 0.25) is 0 Å². The summed E-state index contributed by atoms with van der Waals surface area (Å²) in [5, 5.41) is 2.27. The molecule has 134 valence electrons. The van der Waals surface area contributed by atoms with E-state index in [1.807, 2.05) is 23.1 Å². The first-order valence-electron chi connectivity index (χ1n) is 9.08. The molecule has 2 aliphatic rings. The third-order valence-electron chi connectivity index (χ3n) is 4.94. The van der Waals surface area contributed by atoms with Gasteiger partial charge in [0.25, 0.3) is 0 Å². The SMILES string of the molecule is O=C1CN(CCCCCC(=O)N2CCC[C@@H]2c2ccccc2)C(=O)N1. The summed E-state index contributed by atoms with van der Waals surface area (Å²) in [6, 6.07) is 10.2. The van der Waals surface area contributed by atoms with Crippen molar-refractivity contribution in [3.8, 4) is 0 Å². The summed E-state index contributed by atoms with van der Waals surface area (Å²) < 4.78 is 0. The first-order chi connectivity index (χ1) is 12.1. The van der Waals surface area contributed by atoms with Gasteiger partial charge in [-0.15, -0.1) is 0 Å².